The first-order valence-corrected chi connectivity index (χ1v) is 5.91. The van der Waals surface area contributed by atoms with Crippen LogP contribution in [0.5, 0.6) is 5.75 Å². The van der Waals surface area contributed by atoms with Crippen molar-refractivity contribution in [1.29, 1.82) is 0 Å². The molecular weight excluding hydrogens is 246 g/mol. The highest BCUT2D eigenvalue weighted by Crippen LogP contribution is 2.25. The summed E-state index contributed by atoms with van der Waals surface area (Å²) >= 11 is 0. The van der Waals surface area contributed by atoms with Crippen LogP contribution < -0.4 is 10.1 Å². The molecule has 0 radical (unpaired) electrons. The van der Waals surface area contributed by atoms with E-state index in [4.69, 9.17) is 9.47 Å². The predicted molar refractivity (Wildman–Crippen MR) is 72.4 cm³/mol. The van der Waals surface area contributed by atoms with Crippen LogP contribution >= 0.6 is 0 Å². The quantitative estimate of drug-likeness (QED) is 0.654. The lowest BCUT2D eigenvalue weighted by molar-refractivity contribution is -0.111. The normalized spacial score (nSPS) is 10.3. The summed E-state index contributed by atoms with van der Waals surface area (Å²) in [6, 6.07) is 4.72. The number of rotatable bonds is 5. The van der Waals surface area contributed by atoms with Crippen molar-refractivity contribution in [3.05, 3.63) is 35.9 Å². The maximum atomic E-state index is 11.6. The van der Waals surface area contributed by atoms with E-state index in [1.807, 2.05) is 0 Å². The maximum absolute atomic E-state index is 11.6. The van der Waals surface area contributed by atoms with Crippen molar-refractivity contribution in [1.82, 2.24) is 0 Å². The number of ether oxygens (including phenoxy) is 2. The number of benzene rings is 1. The number of carbonyl (C=O) groups excluding carboxylic acids is 2. The fraction of sp³-hybridized carbons (Fsp3) is 0.286. The van der Waals surface area contributed by atoms with Gasteiger partial charge in [0.25, 0.3) is 0 Å². The molecule has 1 aromatic carbocycles. The summed E-state index contributed by atoms with van der Waals surface area (Å²) in [7, 11) is 1.49. The van der Waals surface area contributed by atoms with E-state index in [0.717, 1.165) is 0 Å². The Morgan fingerprint density at radius 2 is 2.11 bits per heavy atom. The zero-order valence-electron chi connectivity index (χ0n) is 11.2. The lowest BCUT2D eigenvalue weighted by Crippen LogP contribution is -2.11. The largest absolute Gasteiger partial charge is 0.495 e. The molecule has 0 saturated carbocycles. The number of carbonyl (C=O) groups is 2. The smallest absolute Gasteiger partial charge is 0.338 e. The Hall–Kier alpha value is -2.30. The zero-order valence-corrected chi connectivity index (χ0v) is 11.2. The molecule has 0 fully saturated rings. The monoisotopic (exact) mass is 263 g/mol. The van der Waals surface area contributed by atoms with Gasteiger partial charge in [0.1, 0.15) is 5.75 Å². The highest BCUT2D eigenvalue weighted by Gasteiger charge is 2.12. The second-order valence-corrected chi connectivity index (χ2v) is 3.62. The van der Waals surface area contributed by atoms with Gasteiger partial charge in [-0.2, -0.15) is 0 Å². The molecule has 1 amide bonds. The summed E-state index contributed by atoms with van der Waals surface area (Å²) in [6.07, 6.45) is 3.01. The first-order chi connectivity index (χ1) is 9.12. The second-order valence-electron chi connectivity index (χ2n) is 3.62. The van der Waals surface area contributed by atoms with Crippen molar-refractivity contribution in [2.45, 2.75) is 13.8 Å². The van der Waals surface area contributed by atoms with Gasteiger partial charge < -0.3 is 14.8 Å². The Kier molecular flexibility index (Phi) is 5.60. The number of allylic oxidation sites excluding steroid dienone is 1. The van der Waals surface area contributed by atoms with Crippen LogP contribution in [-0.4, -0.2) is 25.6 Å². The molecule has 0 atom stereocenters. The summed E-state index contributed by atoms with van der Waals surface area (Å²) in [4.78, 5) is 23.1. The van der Waals surface area contributed by atoms with Gasteiger partial charge in [0, 0.05) is 0 Å². The summed E-state index contributed by atoms with van der Waals surface area (Å²) < 4.78 is 10.0. The molecule has 1 aromatic rings. The Bertz CT molecular complexity index is 494. The van der Waals surface area contributed by atoms with E-state index in [-0.39, 0.29) is 5.91 Å². The van der Waals surface area contributed by atoms with E-state index in [2.05, 4.69) is 5.32 Å². The third kappa shape index (κ3) is 4.13. The van der Waals surface area contributed by atoms with Crippen LogP contribution in [0.1, 0.15) is 24.2 Å². The summed E-state index contributed by atoms with van der Waals surface area (Å²) in [5, 5.41) is 2.64. The van der Waals surface area contributed by atoms with E-state index < -0.39 is 5.97 Å². The van der Waals surface area contributed by atoms with Gasteiger partial charge in [-0.3, -0.25) is 4.79 Å². The molecule has 0 bridgehead atoms. The number of esters is 1. The molecule has 5 heteroatoms. The molecule has 19 heavy (non-hydrogen) atoms. The van der Waals surface area contributed by atoms with Crippen LogP contribution in [0.15, 0.2) is 30.4 Å². The Morgan fingerprint density at radius 3 is 2.68 bits per heavy atom. The van der Waals surface area contributed by atoms with Gasteiger partial charge in [-0.05, 0) is 38.1 Å². The molecule has 0 spiro atoms. The molecule has 1 rings (SSSR count). The van der Waals surface area contributed by atoms with E-state index in [9.17, 15) is 9.59 Å². The first-order valence-electron chi connectivity index (χ1n) is 5.91. The number of hydrogen-bond donors (Lipinski definition) is 1. The molecule has 0 saturated heterocycles. The number of anilines is 1. The maximum Gasteiger partial charge on any atom is 0.338 e. The minimum Gasteiger partial charge on any atom is -0.495 e. The average Bonchev–Trinajstić information content (AvgIpc) is 2.39. The molecular formula is C14H17NO4. The zero-order chi connectivity index (χ0) is 14.3. The van der Waals surface area contributed by atoms with E-state index >= 15 is 0 Å². The summed E-state index contributed by atoms with van der Waals surface area (Å²) in [5.74, 6) is -0.251. The Morgan fingerprint density at radius 1 is 1.37 bits per heavy atom. The first kappa shape index (κ1) is 14.8. The number of methoxy groups -OCH3 is 1. The van der Waals surface area contributed by atoms with Gasteiger partial charge in [0.15, 0.2) is 0 Å². The van der Waals surface area contributed by atoms with E-state index in [0.29, 0.717) is 23.6 Å². The average molecular weight is 263 g/mol. The summed E-state index contributed by atoms with van der Waals surface area (Å²) in [6.45, 7) is 3.77. The fourth-order valence-electron chi connectivity index (χ4n) is 1.47. The van der Waals surface area contributed by atoms with Crippen LogP contribution in [0, 0.1) is 0 Å². The lowest BCUT2D eigenvalue weighted by atomic mass is 10.2. The highest BCUT2D eigenvalue weighted by atomic mass is 16.5. The number of hydrogen-bond acceptors (Lipinski definition) is 4. The molecule has 0 aliphatic heterocycles. The topological polar surface area (TPSA) is 64.6 Å². The van der Waals surface area contributed by atoms with Gasteiger partial charge in [-0.25, -0.2) is 4.79 Å². The third-order valence-corrected chi connectivity index (χ3v) is 2.29. The van der Waals surface area contributed by atoms with Gasteiger partial charge in [0.2, 0.25) is 5.91 Å². The minimum atomic E-state index is -0.438. The molecule has 5 nitrogen and oxygen atoms in total. The number of nitrogens with one attached hydrogen (secondary N) is 1. The van der Waals surface area contributed by atoms with Gasteiger partial charge >= 0.3 is 5.97 Å². The molecule has 0 aliphatic carbocycles. The van der Waals surface area contributed by atoms with Crippen LogP contribution in [0.25, 0.3) is 0 Å². The fourth-order valence-corrected chi connectivity index (χ4v) is 1.47. The second kappa shape index (κ2) is 7.20. The SMILES string of the molecule is C/C=C/C(=O)Nc1cc(C(=O)OCC)ccc1OC. The van der Waals surface area contributed by atoms with Crippen molar-refractivity contribution in [3.63, 3.8) is 0 Å². The lowest BCUT2D eigenvalue weighted by Gasteiger charge is -2.10. The predicted octanol–water partition coefficient (Wildman–Crippen LogP) is 2.39. The van der Waals surface area contributed by atoms with Crippen LogP contribution in [-0.2, 0) is 9.53 Å². The van der Waals surface area contributed by atoms with Crippen LogP contribution in [0.3, 0.4) is 0 Å². The van der Waals surface area contributed by atoms with Crippen LogP contribution in [0.2, 0.25) is 0 Å². The Labute approximate surface area is 112 Å². The minimum absolute atomic E-state index is 0.290. The van der Waals surface area contributed by atoms with E-state index in [1.165, 1.54) is 19.3 Å². The molecule has 0 heterocycles. The summed E-state index contributed by atoms with van der Waals surface area (Å²) in [5.41, 5.74) is 0.787. The molecule has 0 aliphatic rings. The third-order valence-electron chi connectivity index (χ3n) is 2.29. The molecule has 1 N–H and O–H groups in total. The van der Waals surface area contributed by atoms with Crippen molar-refractivity contribution >= 4 is 17.6 Å². The van der Waals surface area contributed by atoms with E-state index in [1.54, 1.807) is 32.1 Å². The van der Waals surface area contributed by atoms with Gasteiger partial charge in [-0.15, -0.1) is 0 Å². The van der Waals surface area contributed by atoms with Gasteiger partial charge in [-0.1, -0.05) is 6.08 Å². The number of amides is 1. The van der Waals surface area contributed by atoms with Crippen molar-refractivity contribution < 1.29 is 19.1 Å². The molecule has 102 valence electrons. The molecule has 0 unspecified atom stereocenters. The standard InChI is InChI=1S/C14H17NO4/c1-4-6-13(16)15-11-9-10(14(17)19-5-2)7-8-12(11)18-3/h4,6-9H,5H2,1-3H3,(H,15,16)/b6-4+. The van der Waals surface area contributed by atoms with Crippen LogP contribution in [0.4, 0.5) is 5.69 Å². The van der Waals surface area contributed by atoms with Crippen molar-refractivity contribution in [3.8, 4) is 5.75 Å². The van der Waals surface area contributed by atoms with Crippen molar-refractivity contribution in [2.24, 2.45) is 0 Å². The highest BCUT2D eigenvalue weighted by molar-refractivity contribution is 6.01. The van der Waals surface area contributed by atoms with Crippen molar-refractivity contribution in [2.75, 3.05) is 19.0 Å². The van der Waals surface area contributed by atoms with Gasteiger partial charge in [0.05, 0.1) is 25.0 Å². The Balaban J connectivity index is 3.02. The molecule has 0 aromatic heterocycles.